The zero-order valence-corrected chi connectivity index (χ0v) is 10.7. The van der Waals surface area contributed by atoms with Crippen molar-refractivity contribution in [3.05, 3.63) is 29.8 Å². The van der Waals surface area contributed by atoms with Crippen LogP contribution >= 0.6 is 0 Å². The van der Waals surface area contributed by atoms with Crippen LogP contribution in [0.3, 0.4) is 0 Å². The van der Waals surface area contributed by atoms with E-state index in [9.17, 15) is 16.8 Å². The molecule has 0 aromatic heterocycles. The maximum Gasteiger partial charge on any atom is 0.377 e. The van der Waals surface area contributed by atoms with Gasteiger partial charge in [-0.1, -0.05) is 17.7 Å². The molecule has 0 atom stereocenters. The van der Waals surface area contributed by atoms with E-state index in [0.29, 0.717) is 0 Å². The smallest absolute Gasteiger partial charge is 0.268 e. The first kappa shape index (κ1) is 13.9. The fourth-order valence-corrected chi connectivity index (χ4v) is 3.12. The fraction of sp³-hybridized carbons (Fsp3) is 0.250. The summed E-state index contributed by atoms with van der Waals surface area (Å²) in [6, 6.07) is 5.47. The maximum absolute atomic E-state index is 11.4. The third kappa shape index (κ3) is 3.16. The Hall–Kier alpha value is -1.16. The monoisotopic (exact) mass is 281 g/mol. The molecule has 1 N–H and O–H groups in total. The van der Waals surface area contributed by atoms with Crippen LogP contribution in [0.2, 0.25) is 0 Å². The van der Waals surface area contributed by atoms with E-state index in [1.165, 1.54) is 24.3 Å². The van der Waals surface area contributed by atoms with Gasteiger partial charge in [0.15, 0.2) is 0 Å². The maximum atomic E-state index is 11.4. The van der Waals surface area contributed by atoms with Crippen molar-refractivity contribution < 1.29 is 25.6 Å². The number of benzene rings is 1. The van der Waals surface area contributed by atoms with E-state index in [1.807, 2.05) is 0 Å². The largest absolute Gasteiger partial charge is 0.377 e. The van der Waals surface area contributed by atoms with E-state index in [-0.39, 0.29) is 9.40 Å². The molecule has 0 radical (unpaired) electrons. The van der Waals surface area contributed by atoms with Crippen LogP contribution in [-0.4, -0.2) is 28.5 Å². The van der Waals surface area contributed by atoms with Gasteiger partial charge < -0.3 is 0 Å². The molecule has 0 aliphatic carbocycles. The number of aryl methyl sites for hydroxylation is 1. The van der Waals surface area contributed by atoms with Crippen LogP contribution in [0.4, 0.5) is 5.69 Å². The van der Waals surface area contributed by atoms with Gasteiger partial charge in [-0.05, 0) is 19.1 Å². The summed E-state index contributed by atoms with van der Waals surface area (Å²) in [6.07, 6.45) is 0. The van der Waals surface area contributed by atoms with Crippen molar-refractivity contribution in [1.82, 2.24) is 0 Å². The van der Waals surface area contributed by atoms with Crippen LogP contribution in [-0.2, 0) is 24.8 Å². The molecule has 0 saturated carbocycles. The molecule has 9 heteroatoms. The van der Waals surface area contributed by atoms with Gasteiger partial charge in [0, 0.05) is 0 Å². The zero-order chi connectivity index (χ0) is 13.3. The third-order valence-electron chi connectivity index (χ3n) is 1.87. The lowest BCUT2D eigenvalue weighted by molar-refractivity contribution is 0.396. The lowest BCUT2D eigenvalue weighted by Gasteiger charge is -2.18. The van der Waals surface area contributed by atoms with Gasteiger partial charge in [-0.3, -0.25) is 8.74 Å². The van der Waals surface area contributed by atoms with E-state index in [1.54, 1.807) is 6.92 Å². The molecule has 0 bridgehead atoms. The molecule has 1 aromatic rings. The highest BCUT2D eigenvalue weighted by atomic mass is 32.3. The third-order valence-corrected chi connectivity index (χ3v) is 4.65. The summed E-state index contributed by atoms with van der Waals surface area (Å²) in [5, 5.41) is 0. The summed E-state index contributed by atoms with van der Waals surface area (Å²) in [5.41, 5.74) is 0.568. The summed E-state index contributed by atoms with van der Waals surface area (Å²) in [7, 11) is -8.78. The summed E-state index contributed by atoms with van der Waals surface area (Å²) in [4.78, 5) is 0. The Labute approximate surface area is 99.8 Å². The van der Waals surface area contributed by atoms with Gasteiger partial charge in [0.1, 0.15) is 0 Å². The Morgan fingerprint density at radius 1 is 1.12 bits per heavy atom. The number of rotatable bonds is 4. The van der Waals surface area contributed by atoms with Gasteiger partial charge in [-0.15, -0.1) is 3.71 Å². The summed E-state index contributed by atoms with van der Waals surface area (Å²) >= 11 is 0. The summed E-state index contributed by atoms with van der Waals surface area (Å²) in [5.74, 6) is 0. The molecule has 1 rings (SSSR count). The van der Waals surface area contributed by atoms with Crippen molar-refractivity contribution in [1.29, 1.82) is 0 Å². The second-order valence-corrected chi connectivity index (χ2v) is 6.18. The molecule has 0 spiro atoms. The minimum Gasteiger partial charge on any atom is -0.268 e. The summed E-state index contributed by atoms with van der Waals surface area (Å²) in [6.45, 7) is 1.74. The van der Waals surface area contributed by atoms with E-state index in [0.717, 1.165) is 12.7 Å². The van der Waals surface area contributed by atoms with E-state index in [4.69, 9.17) is 4.55 Å². The van der Waals surface area contributed by atoms with Crippen molar-refractivity contribution in [3.8, 4) is 0 Å². The predicted octanol–water partition coefficient (Wildman–Crippen LogP) is 0.495. The van der Waals surface area contributed by atoms with Gasteiger partial charge in [0.05, 0.1) is 12.8 Å². The van der Waals surface area contributed by atoms with Crippen LogP contribution in [0, 0.1) is 6.92 Å². The topological polar surface area (TPSA) is 101 Å². The highest BCUT2D eigenvalue weighted by Gasteiger charge is 2.33. The average Bonchev–Trinajstić information content (AvgIpc) is 2.19. The molecule has 0 saturated heterocycles. The fourth-order valence-electron chi connectivity index (χ4n) is 1.11. The van der Waals surface area contributed by atoms with Gasteiger partial charge in [-0.25, -0.2) is 0 Å². The number of anilines is 1. The van der Waals surface area contributed by atoms with Crippen molar-refractivity contribution in [3.63, 3.8) is 0 Å². The van der Waals surface area contributed by atoms with Crippen LogP contribution < -0.4 is 3.71 Å². The second kappa shape index (κ2) is 4.61. The first-order valence-corrected chi connectivity index (χ1v) is 7.10. The summed E-state index contributed by atoms with van der Waals surface area (Å²) < 4.78 is 57.7. The minimum absolute atomic E-state index is 0.195. The Kier molecular flexibility index (Phi) is 3.77. The minimum atomic E-state index is -4.98. The Balaban J connectivity index is 3.42. The molecule has 0 unspecified atom stereocenters. The first-order valence-electron chi connectivity index (χ1n) is 4.33. The second-order valence-electron chi connectivity index (χ2n) is 3.13. The highest BCUT2D eigenvalue weighted by Crippen LogP contribution is 2.22. The van der Waals surface area contributed by atoms with Crippen molar-refractivity contribution in [2.45, 2.75) is 6.92 Å². The predicted molar refractivity (Wildman–Crippen MR) is 61.1 cm³/mol. The lowest BCUT2D eigenvalue weighted by atomic mass is 10.2. The first-order chi connectivity index (χ1) is 7.68. The Morgan fingerprint density at radius 2 is 1.59 bits per heavy atom. The van der Waals surface area contributed by atoms with Crippen LogP contribution in [0.15, 0.2) is 24.3 Å². The lowest BCUT2D eigenvalue weighted by Crippen LogP contribution is -2.37. The molecule has 1 aromatic carbocycles. The number of hydrogen-bond donors (Lipinski definition) is 1. The Morgan fingerprint density at radius 3 is 1.94 bits per heavy atom. The molecule has 7 nitrogen and oxygen atoms in total. The van der Waals surface area contributed by atoms with Crippen molar-refractivity contribution in [2.24, 2.45) is 0 Å². The standard InChI is InChI=1S/C8H11NO6S2/c1-7-3-5-8(6-4-7)9(16(10,11)12)17(13,14)15-2/h3-6H,1-2H3,(H,10,11,12). The van der Waals surface area contributed by atoms with Gasteiger partial charge in [0.25, 0.3) is 0 Å². The molecule has 0 fully saturated rings. The van der Waals surface area contributed by atoms with Crippen LogP contribution in [0.25, 0.3) is 0 Å². The molecule has 0 aliphatic rings. The number of nitrogens with zero attached hydrogens (tertiary/aromatic N) is 1. The van der Waals surface area contributed by atoms with E-state index < -0.39 is 20.6 Å². The van der Waals surface area contributed by atoms with Gasteiger partial charge in [0.2, 0.25) is 0 Å². The normalized spacial score (nSPS) is 12.4. The zero-order valence-electron chi connectivity index (χ0n) is 9.06. The van der Waals surface area contributed by atoms with E-state index >= 15 is 0 Å². The molecule has 0 heterocycles. The van der Waals surface area contributed by atoms with Crippen molar-refractivity contribution >= 4 is 26.3 Å². The molecule has 96 valence electrons. The molecular weight excluding hydrogens is 270 g/mol. The quantitative estimate of drug-likeness (QED) is 0.806. The highest BCUT2D eigenvalue weighted by molar-refractivity contribution is 8.05. The molecule has 0 amide bonds. The van der Waals surface area contributed by atoms with Gasteiger partial charge >= 0.3 is 20.6 Å². The van der Waals surface area contributed by atoms with Crippen LogP contribution in [0.5, 0.6) is 0 Å². The SMILES string of the molecule is COS(=O)(=O)N(c1ccc(C)cc1)S(=O)(=O)O. The van der Waals surface area contributed by atoms with Crippen molar-refractivity contribution in [2.75, 3.05) is 10.8 Å². The van der Waals surface area contributed by atoms with E-state index in [2.05, 4.69) is 4.18 Å². The Bertz CT molecular complexity index is 589. The molecular formula is C8H11NO6S2. The average molecular weight is 281 g/mol. The van der Waals surface area contributed by atoms with Gasteiger partial charge in [-0.2, -0.15) is 16.8 Å². The molecule has 17 heavy (non-hydrogen) atoms. The number of hydrogen-bond acceptors (Lipinski definition) is 5. The van der Waals surface area contributed by atoms with Crippen LogP contribution in [0.1, 0.15) is 5.56 Å². The molecule has 0 aliphatic heterocycles.